The molecular weight excluding hydrogens is 321 g/mol. The predicted molar refractivity (Wildman–Crippen MR) is 96.8 cm³/mol. The Bertz CT molecular complexity index is 790. The van der Waals surface area contributed by atoms with Crippen LogP contribution in [0.3, 0.4) is 0 Å². The van der Waals surface area contributed by atoms with Gasteiger partial charge in [-0.2, -0.15) is 0 Å². The summed E-state index contributed by atoms with van der Waals surface area (Å²) >= 11 is 0. The Kier molecular flexibility index (Phi) is 5.62. The van der Waals surface area contributed by atoms with Gasteiger partial charge in [-0.3, -0.25) is 0 Å². The summed E-state index contributed by atoms with van der Waals surface area (Å²) in [5.41, 5.74) is 3.68. The summed E-state index contributed by atoms with van der Waals surface area (Å²) in [5, 5.41) is 0. The van der Waals surface area contributed by atoms with Gasteiger partial charge in [0.2, 0.25) is 0 Å². The second-order valence-electron chi connectivity index (χ2n) is 6.74. The third kappa shape index (κ3) is 3.97. The normalized spacial score (nSPS) is 13.5. The maximum atomic E-state index is 14.9. The second-order valence-corrected chi connectivity index (χ2v) is 6.74. The molecule has 1 aliphatic rings. The Morgan fingerprint density at radius 2 is 1.72 bits per heavy atom. The van der Waals surface area contributed by atoms with Gasteiger partial charge in [0, 0.05) is 5.56 Å². The maximum absolute atomic E-state index is 14.9. The van der Waals surface area contributed by atoms with Gasteiger partial charge in [-0.15, -0.1) is 0 Å². The molecule has 0 fully saturated rings. The van der Waals surface area contributed by atoms with E-state index in [1.165, 1.54) is 37.3 Å². The molecule has 0 nitrogen and oxygen atoms in total. The van der Waals surface area contributed by atoms with Crippen molar-refractivity contribution in [3.05, 3.63) is 64.5 Å². The fourth-order valence-corrected chi connectivity index (χ4v) is 3.47. The summed E-state index contributed by atoms with van der Waals surface area (Å²) < 4.78 is 41.5. The average molecular weight is 344 g/mol. The zero-order chi connectivity index (χ0) is 17.8. The first kappa shape index (κ1) is 17.8. The molecule has 0 spiro atoms. The minimum atomic E-state index is -0.955. The molecule has 0 radical (unpaired) electrons. The third-order valence-corrected chi connectivity index (χ3v) is 4.92. The van der Waals surface area contributed by atoms with Crippen LogP contribution in [0.25, 0.3) is 17.2 Å². The highest BCUT2D eigenvalue weighted by atomic mass is 19.2. The largest absolute Gasteiger partial charge is 0.206 e. The molecule has 0 N–H and O–H groups in total. The predicted octanol–water partition coefficient (Wildman–Crippen LogP) is 7.07. The van der Waals surface area contributed by atoms with E-state index in [4.69, 9.17) is 0 Å². The molecule has 0 atom stereocenters. The van der Waals surface area contributed by atoms with Crippen molar-refractivity contribution in [1.29, 1.82) is 0 Å². The van der Waals surface area contributed by atoms with E-state index in [0.717, 1.165) is 30.5 Å². The molecule has 0 aliphatic heterocycles. The van der Waals surface area contributed by atoms with Gasteiger partial charge in [-0.25, -0.2) is 13.2 Å². The van der Waals surface area contributed by atoms with E-state index in [1.807, 2.05) is 6.07 Å². The monoisotopic (exact) mass is 344 g/mol. The molecule has 3 rings (SSSR count). The van der Waals surface area contributed by atoms with E-state index in [0.29, 0.717) is 23.1 Å². The van der Waals surface area contributed by atoms with Crippen molar-refractivity contribution in [3.63, 3.8) is 0 Å². The van der Waals surface area contributed by atoms with Crippen molar-refractivity contribution in [3.8, 4) is 11.1 Å². The summed E-state index contributed by atoms with van der Waals surface area (Å²) in [6.45, 7) is 2.20. The number of rotatable bonds is 6. The van der Waals surface area contributed by atoms with Crippen LogP contribution < -0.4 is 0 Å². The smallest absolute Gasteiger partial charge is 0.159 e. The lowest BCUT2D eigenvalue weighted by molar-refractivity contribution is 0.509. The van der Waals surface area contributed by atoms with Crippen LogP contribution in [-0.2, 0) is 6.42 Å². The van der Waals surface area contributed by atoms with Gasteiger partial charge in [-0.1, -0.05) is 56.0 Å². The third-order valence-electron chi connectivity index (χ3n) is 4.92. The van der Waals surface area contributed by atoms with E-state index in [1.54, 1.807) is 6.07 Å². The van der Waals surface area contributed by atoms with Crippen molar-refractivity contribution < 1.29 is 13.2 Å². The Hall–Kier alpha value is -2.03. The zero-order valence-corrected chi connectivity index (χ0v) is 14.5. The molecule has 0 amide bonds. The van der Waals surface area contributed by atoms with Crippen LogP contribution in [0, 0.1) is 17.5 Å². The molecule has 132 valence electrons. The summed E-state index contributed by atoms with van der Waals surface area (Å²) in [6.07, 6.45) is 9.62. The first-order chi connectivity index (χ1) is 12.1. The van der Waals surface area contributed by atoms with Crippen molar-refractivity contribution in [2.75, 3.05) is 0 Å². The number of hydrogen-bond acceptors (Lipinski definition) is 0. The van der Waals surface area contributed by atoms with E-state index in [9.17, 15) is 13.2 Å². The van der Waals surface area contributed by atoms with Gasteiger partial charge in [0.25, 0.3) is 0 Å². The van der Waals surface area contributed by atoms with E-state index in [-0.39, 0.29) is 5.82 Å². The molecule has 0 heterocycles. The van der Waals surface area contributed by atoms with E-state index < -0.39 is 11.6 Å². The zero-order valence-electron chi connectivity index (χ0n) is 14.5. The molecule has 3 heteroatoms. The SMILES string of the molecule is CCCCCCC1=Cc2ccc(-c3ccc(F)c(F)c3)c(F)c2CC1. The lowest BCUT2D eigenvalue weighted by Crippen LogP contribution is -2.04. The Morgan fingerprint density at radius 3 is 2.48 bits per heavy atom. The van der Waals surface area contributed by atoms with Crippen LogP contribution >= 0.6 is 0 Å². The fraction of sp³-hybridized carbons (Fsp3) is 0.364. The summed E-state index contributed by atoms with van der Waals surface area (Å²) in [5.74, 6) is -2.19. The van der Waals surface area contributed by atoms with Crippen LogP contribution in [0.4, 0.5) is 13.2 Å². The summed E-state index contributed by atoms with van der Waals surface area (Å²) in [7, 11) is 0. The number of allylic oxidation sites excluding steroid dienone is 1. The Balaban J connectivity index is 1.83. The molecule has 2 aromatic carbocycles. The standard InChI is InChI=1S/C22H23F3/c1-2-3-4-5-6-15-7-10-18-16(13-15)8-11-19(22(18)25)17-9-12-20(23)21(24)14-17/h8-9,11-14H,2-7,10H2,1H3. The van der Waals surface area contributed by atoms with E-state index >= 15 is 0 Å². The van der Waals surface area contributed by atoms with Crippen molar-refractivity contribution in [1.82, 2.24) is 0 Å². The molecule has 0 saturated heterocycles. The lowest BCUT2D eigenvalue weighted by Gasteiger charge is -2.19. The molecule has 0 aromatic heterocycles. The van der Waals surface area contributed by atoms with Gasteiger partial charge in [0.05, 0.1) is 0 Å². The van der Waals surface area contributed by atoms with Crippen molar-refractivity contribution in [2.45, 2.75) is 51.9 Å². The van der Waals surface area contributed by atoms with Crippen LogP contribution in [0.5, 0.6) is 0 Å². The lowest BCUT2D eigenvalue weighted by atomic mass is 9.87. The van der Waals surface area contributed by atoms with Crippen molar-refractivity contribution in [2.24, 2.45) is 0 Å². The molecule has 2 aromatic rings. The first-order valence-corrected chi connectivity index (χ1v) is 9.06. The summed E-state index contributed by atoms with van der Waals surface area (Å²) in [6, 6.07) is 7.06. The average Bonchev–Trinajstić information content (AvgIpc) is 2.61. The van der Waals surface area contributed by atoms with Crippen LogP contribution in [0.2, 0.25) is 0 Å². The van der Waals surface area contributed by atoms with Gasteiger partial charge in [-0.05, 0) is 54.5 Å². The second kappa shape index (κ2) is 7.90. The quantitative estimate of drug-likeness (QED) is 0.492. The molecule has 0 bridgehead atoms. The molecular formula is C22H23F3. The fourth-order valence-electron chi connectivity index (χ4n) is 3.47. The highest BCUT2D eigenvalue weighted by Gasteiger charge is 2.18. The maximum Gasteiger partial charge on any atom is 0.159 e. The highest BCUT2D eigenvalue weighted by Crippen LogP contribution is 2.34. The first-order valence-electron chi connectivity index (χ1n) is 9.06. The molecule has 0 unspecified atom stereocenters. The molecule has 25 heavy (non-hydrogen) atoms. The Labute approximate surface area is 147 Å². The highest BCUT2D eigenvalue weighted by molar-refractivity contribution is 5.70. The molecule has 0 saturated carbocycles. The Morgan fingerprint density at radius 1 is 0.880 bits per heavy atom. The van der Waals surface area contributed by atoms with Crippen molar-refractivity contribution >= 4 is 6.08 Å². The van der Waals surface area contributed by atoms with Crippen LogP contribution in [-0.4, -0.2) is 0 Å². The minimum Gasteiger partial charge on any atom is -0.206 e. The number of benzene rings is 2. The molecule has 1 aliphatic carbocycles. The number of fused-ring (bicyclic) bond motifs is 1. The minimum absolute atomic E-state index is 0.315. The van der Waals surface area contributed by atoms with E-state index in [2.05, 4.69) is 13.0 Å². The number of unbranched alkanes of at least 4 members (excludes halogenated alkanes) is 3. The van der Waals surface area contributed by atoms with Crippen LogP contribution in [0.1, 0.15) is 56.6 Å². The van der Waals surface area contributed by atoms with Gasteiger partial charge >= 0.3 is 0 Å². The van der Waals surface area contributed by atoms with Crippen LogP contribution in [0.15, 0.2) is 35.9 Å². The summed E-state index contributed by atoms with van der Waals surface area (Å²) in [4.78, 5) is 0. The van der Waals surface area contributed by atoms with Gasteiger partial charge in [0.1, 0.15) is 5.82 Å². The number of hydrogen-bond donors (Lipinski definition) is 0. The van der Waals surface area contributed by atoms with Gasteiger partial charge < -0.3 is 0 Å². The topological polar surface area (TPSA) is 0 Å². The number of halogens is 3. The van der Waals surface area contributed by atoms with Gasteiger partial charge in [0.15, 0.2) is 11.6 Å².